The summed E-state index contributed by atoms with van der Waals surface area (Å²) in [4.78, 5) is 24.1. The Bertz CT molecular complexity index is 961. The van der Waals surface area contributed by atoms with Gasteiger partial charge in [0.1, 0.15) is 23.1 Å². The number of Topliss-reactive ketones (excluding diaryl/α,β-unsaturated/α-hetero) is 1. The van der Waals surface area contributed by atoms with Crippen molar-refractivity contribution in [2.45, 2.75) is 13.5 Å². The molecule has 0 radical (unpaired) electrons. The van der Waals surface area contributed by atoms with Gasteiger partial charge in [-0.05, 0) is 43.3 Å². The number of ketones is 1. The fourth-order valence-corrected chi connectivity index (χ4v) is 3.42. The largest absolute Gasteiger partial charge is 0.496 e. The Morgan fingerprint density at radius 3 is 2.64 bits per heavy atom. The predicted molar refractivity (Wildman–Crippen MR) is 93.9 cm³/mol. The van der Waals surface area contributed by atoms with Crippen molar-refractivity contribution in [3.63, 3.8) is 0 Å². The Morgan fingerprint density at radius 2 is 1.96 bits per heavy atom. The van der Waals surface area contributed by atoms with Crippen molar-refractivity contribution in [3.05, 3.63) is 64.3 Å². The molecule has 0 saturated carbocycles. The highest BCUT2D eigenvalue weighted by Gasteiger charge is 2.15. The van der Waals surface area contributed by atoms with Gasteiger partial charge in [-0.15, -0.1) is 11.3 Å². The topological polar surface area (TPSA) is 52.6 Å². The number of ether oxygens (including phenoxy) is 2. The van der Waals surface area contributed by atoms with E-state index in [1.165, 1.54) is 37.5 Å². The van der Waals surface area contributed by atoms with Gasteiger partial charge in [0.05, 0.1) is 7.11 Å². The minimum absolute atomic E-state index is 0.0418. The molecule has 0 amide bonds. The summed E-state index contributed by atoms with van der Waals surface area (Å²) in [5.74, 6) is -0.477. The van der Waals surface area contributed by atoms with Crippen molar-refractivity contribution in [1.82, 2.24) is 0 Å². The van der Waals surface area contributed by atoms with Crippen molar-refractivity contribution in [1.29, 1.82) is 0 Å². The third-order valence-corrected chi connectivity index (χ3v) is 4.84. The number of halogens is 1. The highest BCUT2D eigenvalue weighted by Crippen LogP contribution is 2.29. The van der Waals surface area contributed by atoms with Gasteiger partial charge in [0.15, 0.2) is 5.78 Å². The lowest BCUT2D eigenvalue weighted by Gasteiger charge is -2.10. The first-order valence-electron chi connectivity index (χ1n) is 7.52. The third-order valence-electron chi connectivity index (χ3n) is 3.76. The number of rotatable bonds is 5. The lowest BCUT2D eigenvalue weighted by Crippen LogP contribution is -2.05. The van der Waals surface area contributed by atoms with E-state index in [0.29, 0.717) is 31.8 Å². The first-order valence-corrected chi connectivity index (χ1v) is 8.34. The van der Waals surface area contributed by atoms with Gasteiger partial charge in [-0.3, -0.25) is 4.79 Å². The molecule has 4 nitrogen and oxygen atoms in total. The van der Waals surface area contributed by atoms with E-state index in [9.17, 15) is 14.0 Å². The van der Waals surface area contributed by atoms with Crippen LogP contribution in [-0.2, 0) is 11.3 Å². The second-order valence-corrected chi connectivity index (χ2v) is 6.51. The van der Waals surface area contributed by atoms with E-state index in [1.54, 1.807) is 30.3 Å². The average Bonchev–Trinajstić information content (AvgIpc) is 3.05. The second-order valence-electron chi connectivity index (χ2n) is 5.42. The quantitative estimate of drug-likeness (QED) is 0.494. The maximum atomic E-state index is 13.7. The van der Waals surface area contributed by atoms with Gasteiger partial charge in [0.2, 0.25) is 0 Å². The molecule has 0 aliphatic rings. The average molecular weight is 358 g/mol. The molecule has 25 heavy (non-hydrogen) atoms. The van der Waals surface area contributed by atoms with Crippen molar-refractivity contribution >= 4 is 33.2 Å². The molecular weight excluding hydrogens is 343 g/mol. The van der Waals surface area contributed by atoms with E-state index in [1.807, 2.05) is 0 Å². The zero-order valence-electron chi connectivity index (χ0n) is 13.7. The highest BCUT2D eigenvalue weighted by atomic mass is 32.1. The Kier molecular flexibility index (Phi) is 4.81. The van der Waals surface area contributed by atoms with E-state index in [0.717, 1.165) is 0 Å². The molecule has 128 valence electrons. The number of thiophene rings is 1. The Hall–Kier alpha value is -2.73. The summed E-state index contributed by atoms with van der Waals surface area (Å²) in [6.07, 6.45) is 0. The van der Waals surface area contributed by atoms with E-state index < -0.39 is 5.97 Å². The number of fused-ring (bicyclic) bond motifs is 1. The highest BCUT2D eigenvalue weighted by molar-refractivity contribution is 7.20. The van der Waals surface area contributed by atoms with Crippen LogP contribution in [0.3, 0.4) is 0 Å². The molecule has 1 heterocycles. The van der Waals surface area contributed by atoms with Gasteiger partial charge >= 0.3 is 5.97 Å². The molecular formula is C19H15FO4S. The summed E-state index contributed by atoms with van der Waals surface area (Å²) in [6.45, 7) is 1.42. The number of hydrogen-bond donors (Lipinski definition) is 0. The van der Waals surface area contributed by atoms with Crippen molar-refractivity contribution in [2.75, 3.05) is 7.11 Å². The molecule has 0 saturated heterocycles. The predicted octanol–water partition coefficient (Wildman–Crippen LogP) is 4.61. The van der Waals surface area contributed by atoms with E-state index in [-0.39, 0.29) is 18.2 Å². The van der Waals surface area contributed by atoms with Crippen LogP contribution in [0.2, 0.25) is 0 Å². The molecule has 0 atom stereocenters. The summed E-state index contributed by atoms with van der Waals surface area (Å²) >= 11 is 1.17. The molecule has 1 aromatic heterocycles. The maximum absolute atomic E-state index is 13.7. The second kappa shape index (κ2) is 7.03. The third kappa shape index (κ3) is 3.53. The molecule has 6 heteroatoms. The van der Waals surface area contributed by atoms with Crippen molar-refractivity contribution in [2.24, 2.45) is 0 Å². The van der Waals surface area contributed by atoms with Gasteiger partial charge in [-0.1, -0.05) is 6.07 Å². The van der Waals surface area contributed by atoms with Crippen LogP contribution in [0.5, 0.6) is 5.75 Å². The van der Waals surface area contributed by atoms with Crippen LogP contribution in [0.4, 0.5) is 4.39 Å². The molecule has 0 aliphatic heterocycles. The summed E-state index contributed by atoms with van der Waals surface area (Å²) in [6, 6.07) is 11.1. The fourth-order valence-electron chi connectivity index (χ4n) is 2.45. The summed E-state index contributed by atoms with van der Waals surface area (Å²) in [7, 11) is 1.50. The van der Waals surface area contributed by atoms with E-state index in [4.69, 9.17) is 9.47 Å². The monoisotopic (exact) mass is 358 g/mol. The zero-order valence-corrected chi connectivity index (χ0v) is 14.5. The summed E-state index contributed by atoms with van der Waals surface area (Å²) in [5.41, 5.74) is 1.10. The van der Waals surface area contributed by atoms with Crippen LogP contribution in [0.1, 0.15) is 32.5 Å². The Morgan fingerprint density at radius 1 is 1.16 bits per heavy atom. The fraction of sp³-hybridized carbons (Fsp3) is 0.158. The molecule has 0 spiro atoms. The van der Waals surface area contributed by atoms with E-state index in [2.05, 4.69) is 0 Å². The van der Waals surface area contributed by atoms with Gasteiger partial charge in [0, 0.05) is 21.2 Å². The molecule has 2 aromatic carbocycles. The lowest BCUT2D eigenvalue weighted by molar-refractivity contribution is 0.0476. The van der Waals surface area contributed by atoms with Gasteiger partial charge in [-0.25, -0.2) is 9.18 Å². The number of methoxy groups -OCH3 is 1. The normalized spacial score (nSPS) is 10.7. The molecule has 0 N–H and O–H groups in total. The van der Waals surface area contributed by atoms with Crippen molar-refractivity contribution in [3.8, 4) is 5.75 Å². The minimum atomic E-state index is -0.545. The van der Waals surface area contributed by atoms with Crippen LogP contribution in [-0.4, -0.2) is 18.9 Å². The minimum Gasteiger partial charge on any atom is -0.496 e. The van der Waals surface area contributed by atoms with Crippen molar-refractivity contribution < 1.29 is 23.5 Å². The number of esters is 1. The molecule has 3 rings (SSSR count). The lowest BCUT2D eigenvalue weighted by atomic mass is 10.1. The SMILES string of the molecule is COc1ccc(C(C)=O)cc1COC(=O)c1cc2c(F)cccc2s1. The standard InChI is InChI=1S/C19H15FO4S/c1-11(21)12-6-7-16(23-2)13(8-12)10-24-19(22)18-9-14-15(20)4-3-5-17(14)25-18/h3-9H,10H2,1-2H3. The molecule has 3 aromatic rings. The van der Waals surface area contributed by atoms with Crippen LogP contribution in [0.15, 0.2) is 42.5 Å². The van der Waals surface area contributed by atoms with Gasteiger partial charge in [0.25, 0.3) is 0 Å². The van der Waals surface area contributed by atoms with E-state index >= 15 is 0 Å². The van der Waals surface area contributed by atoms with Crippen LogP contribution >= 0.6 is 11.3 Å². The summed E-state index contributed by atoms with van der Waals surface area (Å²) < 4.78 is 25.0. The molecule has 0 unspecified atom stereocenters. The Balaban J connectivity index is 1.80. The number of carbonyl (C=O) groups is 2. The van der Waals surface area contributed by atoms with Crippen LogP contribution in [0, 0.1) is 5.82 Å². The smallest absolute Gasteiger partial charge is 0.348 e. The summed E-state index contributed by atoms with van der Waals surface area (Å²) in [5, 5.41) is 0.399. The Labute approximate surface area is 147 Å². The molecule has 0 fully saturated rings. The van der Waals surface area contributed by atoms with Gasteiger partial charge in [-0.2, -0.15) is 0 Å². The molecule has 0 bridgehead atoms. The first kappa shape index (κ1) is 17.1. The van der Waals surface area contributed by atoms with Crippen LogP contribution < -0.4 is 4.74 Å². The van der Waals surface area contributed by atoms with Crippen LogP contribution in [0.25, 0.3) is 10.1 Å². The molecule has 0 aliphatic carbocycles. The first-order chi connectivity index (χ1) is 12.0. The maximum Gasteiger partial charge on any atom is 0.348 e. The van der Waals surface area contributed by atoms with Gasteiger partial charge < -0.3 is 9.47 Å². The zero-order chi connectivity index (χ0) is 18.0. The number of benzene rings is 2. The number of hydrogen-bond acceptors (Lipinski definition) is 5. The number of carbonyl (C=O) groups excluding carboxylic acids is 2.